The molecule has 1 fully saturated rings. The molecule has 2 rings (SSSR count). The molecule has 0 radical (unpaired) electrons. The van der Waals surface area contributed by atoms with Crippen molar-refractivity contribution in [2.75, 3.05) is 51.3 Å². The molecule has 5 nitrogen and oxygen atoms in total. The SMILES string of the molecule is COCCN1CCN(c2cccc(OC(F)(F)F)c2C#N)CC1. The number of piperazine rings is 1. The van der Waals surface area contributed by atoms with Crippen LogP contribution in [0, 0.1) is 11.3 Å². The summed E-state index contributed by atoms with van der Waals surface area (Å²) in [5.74, 6) is -0.459. The van der Waals surface area contributed by atoms with Gasteiger partial charge in [-0.2, -0.15) is 5.26 Å². The first-order valence-electron chi connectivity index (χ1n) is 7.19. The van der Waals surface area contributed by atoms with Gasteiger partial charge in [0.05, 0.1) is 12.3 Å². The van der Waals surface area contributed by atoms with Crippen LogP contribution in [0.25, 0.3) is 0 Å². The Kier molecular flexibility index (Phi) is 5.69. The van der Waals surface area contributed by atoms with Crippen molar-refractivity contribution >= 4 is 5.69 Å². The molecule has 0 N–H and O–H groups in total. The van der Waals surface area contributed by atoms with Gasteiger partial charge in [-0.25, -0.2) is 0 Å². The lowest BCUT2D eigenvalue weighted by atomic mass is 10.1. The number of anilines is 1. The molecule has 126 valence electrons. The Hall–Kier alpha value is -1.98. The van der Waals surface area contributed by atoms with Crippen LogP contribution in [0.3, 0.4) is 0 Å². The van der Waals surface area contributed by atoms with Gasteiger partial charge in [0.2, 0.25) is 0 Å². The summed E-state index contributed by atoms with van der Waals surface area (Å²) in [6.45, 7) is 4.24. The molecular formula is C15H18F3N3O2. The van der Waals surface area contributed by atoms with Crippen LogP contribution in [-0.4, -0.2) is 57.7 Å². The molecule has 0 spiro atoms. The number of methoxy groups -OCH3 is 1. The van der Waals surface area contributed by atoms with E-state index in [-0.39, 0.29) is 5.56 Å². The normalized spacial score (nSPS) is 16.2. The first-order chi connectivity index (χ1) is 10.9. The molecule has 1 aromatic rings. The van der Waals surface area contributed by atoms with Crippen molar-refractivity contribution in [2.24, 2.45) is 0 Å². The van der Waals surface area contributed by atoms with Gasteiger partial charge < -0.3 is 14.4 Å². The highest BCUT2D eigenvalue weighted by atomic mass is 19.4. The lowest BCUT2D eigenvalue weighted by molar-refractivity contribution is -0.274. The number of halogens is 3. The number of hydrogen-bond acceptors (Lipinski definition) is 5. The Bertz CT molecular complexity index is 564. The number of nitriles is 1. The Morgan fingerprint density at radius 1 is 1.22 bits per heavy atom. The Morgan fingerprint density at radius 2 is 1.91 bits per heavy atom. The molecule has 8 heteroatoms. The van der Waals surface area contributed by atoms with Gasteiger partial charge in [-0.05, 0) is 12.1 Å². The summed E-state index contributed by atoms with van der Waals surface area (Å²) >= 11 is 0. The van der Waals surface area contributed by atoms with Crippen molar-refractivity contribution in [3.05, 3.63) is 23.8 Å². The molecule has 23 heavy (non-hydrogen) atoms. The summed E-state index contributed by atoms with van der Waals surface area (Å²) in [5, 5.41) is 9.24. The standard InChI is InChI=1S/C15H18F3N3O2/c1-22-10-9-20-5-7-21(8-6-20)13-3-2-4-14(12(13)11-19)23-15(16,17)18/h2-4H,5-10H2,1H3. The fourth-order valence-electron chi connectivity index (χ4n) is 2.54. The van der Waals surface area contributed by atoms with Crippen molar-refractivity contribution < 1.29 is 22.6 Å². The molecule has 0 amide bonds. The van der Waals surface area contributed by atoms with Crippen molar-refractivity contribution in [3.8, 4) is 11.8 Å². The van der Waals surface area contributed by atoms with Crippen LogP contribution < -0.4 is 9.64 Å². The first kappa shape index (κ1) is 17.4. The average Bonchev–Trinajstić information content (AvgIpc) is 2.51. The molecule has 1 saturated heterocycles. The van der Waals surface area contributed by atoms with Crippen molar-refractivity contribution in [3.63, 3.8) is 0 Å². The molecule has 0 saturated carbocycles. The van der Waals surface area contributed by atoms with Gasteiger partial charge >= 0.3 is 6.36 Å². The van der Waals surface area contributed by atoms with Crippen molar-refractivity contribution in [1.82, 2.24) is 4.90 Å². The number of benzene rings is 1. The molecule has 0 unspecified atom stereocenters. The summed E-state index contributed by atoms with van der Waals surface area (Å²) in [7, 11) is 1.64. The van der Waals surface area contributed by atoms with E-state index in [0.717, 1.165) is 25.7 Å². The zero-order chi connectivity index (χ0) is 16.9. The second-order valence-corrected chi connectivity index (χ2v) is 5.13. The first-order valence-corrected chi connectivity index (χ1v) is 7.19. The Morgan fingerprint density at radius 3 is 2.48 bits per heavy atom. The lowest BCUT2D eigenvalue weighted by Crippen LogP contribution is -2.47. The van der Waals surface area contributed by atoms with Crippen LogP contribution in [0.2, 0.25) is 0 Å². The minimum absolute atomic E-state index is 0.0878. The van der Waals surface area contributed by atoms with Gasteiger partial charge in [0, 0.05) is 39.8 Å². The Balaban J connectivity index is 2.12. The smallest absolute Gasteiger partial charge is 0.404 e. The monoisotopic (exact) mass is 329 g/mol. The van der Waals surface area contributed by atoms with Gasteiger partial charge in [0.1, 0.15) is 17.4 Å². The third-order valence-electron chi connectivity index (χ3n) is 3.67. The van der Waals surface area contributed by atoms with E-state index in [0.29, 0.717) is 25.4 Å². The van der Waals surface area contributed by atoms with E-state index < -0.39 is 12.1 Å². The van der Waals surface area contributed by atoms with E-state index in [9.17, 15) is 18.4 Å². The summed E-state index contributed by atoms with van der Waals surface area (Å²) in [6.07, 6.45) is -4.82. The largest absolute Gasteiger partial charge is 0.573 e. The van der Waals surface area contributed by atoms with Gasteiger partial charge in [0.25, 0.3) is 0 Å². The average molecular weight is 329 g/mol. The molecule has 1 aliphatic heterocycles. The summed E-state index contributed by atoms with van der Waals surface area (Å²) in [4.78, 5) is 4.12. The summed E-state index contributed by atoms with van der Waals surface area (Å²) in [6, 6.07) is 6.10. The molecule has 0 aromatic heterocycles. The Labute approximate surface area is 132 Å². The molecule has 1 heterocycles. The van der Waals surface area contributed by atoms with Gasteiger partial charge in [-0.15, -0.1) is 13.2 Å². The quantitative estimate of drug-likeness (QED) is 0.829. The molecule has 1 aromatic carbocycles. The van der Waals surface area contributed by atoms with Crippen LogP contribution in [0.1, 0.15) is 5.56 Å². The molecule has 0 bridgehead atoms. The van der Waals surface area contributed by atoms with E-state index in [1.165, 1.54) is 6.07 Å². The van der Waals surface area contributed by atoms with Gasteiger partial charge in [-0.3, -0.25) is 4.90 Å². The van der Waals surface area contributed by atoms with E-state index in [1.807, 2.05) is 11.0 Å². The molecular weight excluding hydrogens is 311 g/mol. The number of ether oxygens (including phenoxy) is 2. The zero-order valence-corrected chi connectivity index (χ0v) is 12.8. The van der Waals surface area contributed by atoms with E-state index in [4.69, 9.17) is 4.74 Å². The van der Waals surface area contributed by atoms with Gasteiger partial charge in [0.15, 0.2) is 0 Å². The maximum Gasteiger partial charge on any atom is 0.573 e. The number of hydrogen-bond donors (Lipinski definition) is 0. The highest BCUT2D eigenvalue weighted by Gasteiger charge is 2.33. The number of rotatable bonds is 5. The van der Waals surface area contributed by atoms with Crippen LogP contribution in [-0.2, 0) is 4.74 Å². The van der Waals surface area contributed by atoms with Crippen molar-refractivity contribution in [2.45, 2.75) is 6.36 Å². The van der Waals surface area contributed by atoms with Crippen LogP contribution in [0.4, 0.5) is 18.9 Å². The molecule has 0 atom stereocenters. The van der Waals surface area contributed by atoms with E-state index in [2.05, 4.69) is 9.64 Å². The van der Waals surface area contributed by atoms with Crippen LogP contribution >= 0.6 is 0 Å². The molecule has 1 aliphatic rings. The number of alkyl halides is 3. The lowest BCUT2D eigenvalue weighted by Gasteiger charge is -2.36. The minimum Gasteiger partial charge on any atom is -0.404 e. The van der Waals surface area contributed by atoms with Gasteiger partial charge in [-0.1, -0.05) is 6.07 Å². The third kappa shape index (κ3) is 4.74. The summed E-state index contributed by atoms with van der Waals surface area (Å²) < 4.78 is 46.3. The molecule has 0 aliphatic carbocycles. The third-order valence-corrected chi connectivity index (χ3v) is 3.67. The maximum atomic E-state index is 12.4. The topological polar surface area (TPSA) is 48.7 Å². The summed E-state index contributed by atoms with van der Waals surface area (Å²) in [5.41, 5.74) is 0.385. The zero-order valence-electron chi connectivity index (χ0n) is 12.8. The second-order valence-electron chi connectivity index (χ2n) is 5.13. The predicted molar refractivity (Wildman–Crippen MR) is 78.4 cm³/mol. The maximum absolute atomic E-state index is 12.4. The predicted octanol–water partition coefficient (Wildman–Crippen LogP) is 2.23. The van der Waals surface area contributed by atoms with E-state index in [1.54, 1.807) is 13.2 Å². The number of nitrogens with zero attached hydrogens (tertiary/aromatic N) is 3. The van der Waals surface area contributed by atoms with Crippen LogP contribution in [0.5, 0.6) is 5.75 Å². The fraction of sp³-hybridized carbons (Fsp3) is 0.533. The second kappa shape index (κ2) is 7.53. The van der Waals surface area contributed by atoms with Crippen molar-refractivity contribution in [1.29, 1.82) is 5.26 Å². The van der Waals surface area contributed by atoms with E-state index >= 15 is 0 Å². The fourth-order valence-corrected chi connectivity index (χ4v) is 2.54. The highest BCUT2D eigenvalue weighted by Crippen LogP contribution is 2.32. The highest BCUT2D eigenvalue weighted by molar-refractivity contribution is 5.65. The minimum atomic E-state index is -4.82. The van der Waals surface area contributed by atoms with Crippen LogP contribution in [0.15, 0.2) is 18.2 Å².